The number of nitrogens with zero attached hydrogens (tertiary/aromatic N) is 1. The van der Waals surface area contributed by atoms with Crippen molar-refractivity contribution in [3.8, 4) is 0 Å². The summed E-state index contributed by atoms with van der Waals surface area (Å²) in [6.07, 6.45) is 9.66. The molecule has 5 nitrogen and oxygen atoms in total. The Kier molecular flexibility index (Phi) is 6.24. The van der Waals surface area contributed by atoms with Gasteiger partial charge in [-0.25, -0.2) is 4.99 Å². The Morgan fingerprint density at radius 3 is 2.44 bits per heavy atom. The van der Waals surface area contributed by atoms with Gasteiger partial charge in [0.2, 0.25) is 5.78 Å². The van der Waals surface area contributed by atoms with Crippen LogP contribution in [0.5, 0.6) is 0 Å². The lowest BCUT2D eigenvalue weighted by atomic mass is 9.43. The maximum atomic E-state index is 12.7. The van der Waals surface area contributed by atoms with E-state index in [1.807, 2.05) is 13.8 Å². The first-order chi connectivity index (χ1) is 15.9. The second kappa shape index (κ2) is 8.57. The number of carbonyl (C=O) groups excluding carboxylic acids is 1. The van der Waals surface area contributed by atoms with Crippen LogP contribution in [-0.2, 0) is 9.53 Å². The van der Waals surface area contributed by atoms with Crippen LogP contribution in [0.3, 0.4) is 0 Å². The number of carbonyl (C=O) groups is 1. The van der Waals surface area contributed by atoms with Crippen molar-refractivity contribution < 1.29 is 19.7 Å². The molecule has 4 fully saturated rings. The van der Waals surface area contributed by atoms with Crippen molar-refractivity contribution in [1.29, 1.82) is 0 Å². The Morgan fingerprint density at radius 2 is 1.74 bits per heavy atom. The van der Waals surface area contributed by atoms with Crippen LogP contribution in [0.1, 0.15) is 98.8 Å². The number of hydrogen-bond acceptors (Lipinski definition) is 5. The lowest BCUT2D eigenvalue weighted by Crippen LogP contribution is -2.58. The number of aliphatic hydroxyl groups excluding tert-OH is 2. The molecule has 1 aliphatic heterocycles. The van der Waals surface area contributed by atoms with Crippen LogP contribution in [0.4, 0.5) is 0 Å². The van der Waals surface area contributed by atoms with Gasteiger partial charge in [-0.05, 0) is 118 Å². The number of Topliss-reactive ketones (excluding diaryl/α,β-unsaturated/α-hetero) is 1. The molecular weight excluding hydrogens is 426 g/mol. The van der Waals surface area contributed by atoms with E-state index < -0.39 is 0 Å². The predicted molar refractivity (Wildman–Crippen MR) is 133 cm³/mol. The molecule has 0 bridgehead atoms. The summed E-state index contributed by atoms with van der Waals surface area (Å²) in [5.74, 6) is 3.52. The fraction of sp³-hybridized carbons (Fsp3) is 0.931. The molecule has 2 N–H and O–H groups in total. The largest absolute Gasteiger partial charge is 0.473 e. The number of aliphatic hydroxyl groups is 2. The summed E-state index contributed by atoms with van der Waals surface area (Å²) in [5.41, 5.74) is 0.246. The predicted octanol–water partition coefficient (Wildman–Crippen LogP) is 5.17. The van der Waals surface area contributed by atoms with E-state index in [2.05, 4.69) is 25.8 Å². The smallest absolute Gasteiger partial charge is 0.254 e. The minimum atomic E-state index is -0.283. The van der Waals surface area contributed by atoms with E-state index in [9.17, 15) is 15.0 Å². The van der Waals surface area contributed by atoms with Crippen molar-refractivity contribution >= 4 is 11.7 Å². The van der Waals surface area contributed by atoms with Gasteiger partial charge in [0.05, 0.1) is 17.7 Å². The van der Waals surface area contributed by atoms with Gasteiger partial charge in [0, 0.05) is 6.42 Å². The molecule has 4 saturated carbocycles. The van der Waals surface area contributed by atoms with Crippen molar-refractivity contribution in [2.75, 3.05) is 6.61 Å². The van der Waals surface area contributed by atoms with E-state index in [1.165, 1.54) is 25.7 Å². The third kappa shape index (κ3) is 3.97. The molecule has 1 heterocycles. The maximum Gasteiger partial charge on any atom is 0.254 e. The average molecular weight is 474 g/mol. The van der Waals surface area contributed by atoms with Gasteiger partial charge in [-0.15, -0.1) is 0 Å². The first-order valence-electron chi connectivity index (χ1n) is 14.1. The van der Waals surface area contributed by atoms with E-state index in [0.29, 0.717) is 54.4 Å². The molecular formula is C29H47NO4. The lowest BCUT2D eigenvalue weighted by molar-refractivity contribution is -0.174. The average Bonchev–Trinajstić information content (AvgIpc) is 3.32. The molecule has 192 valence electrons. The Balaban J connectivity index is 1.27. The molecule has 0 radical (unpaired) electrons. The van der Waals surface area contributed by atoms with Crippen LogP contribution in [0.25, 0.3) is 0 Å². The van der Waals surface area contributed by atoms with Gasteiger partial charge in [0.25, 0.3) is 5.90 Å². The van der Waals surface area contributed by atoms with E-state index in [1.54, 1.807) is 0 Å². The van der Waals surface area contributed by atoms with Crippen molar-refractivity contribution in [1.82, 2.24) is 0 Å². The number of ketones is 1. The zero-order valence-electron chi connectivity index (χ0n) is 22.1. The molecule has 0 spiro atoms. The molecule has 5 rings (SSSR count). The molecule has 0 aromatic carbocycles. The highest BCUT2D eigenvalue weighted by molar-refractivity contribution is 6.36. The van der Waals surface area contributed by atoms with Gasteiger partial charge in [-0.2, -0.15) is 0 Å². The van der Waals surface area contributed by atoms with Crippen LogP contribution in [0.2, 0.25) is 0 Å². The minimum Gasteiger partial charge on any atom is -0.473 e. The first-order valence-corrected chi connectivity index (χ1v) is 14.1. The topological polar surface area (TPSA) is 79.1 Å². The van der Waals surface area contributed by atoms with Crippen LogP contribution in [0.15, 0.2) is 4.99 Å². The monoisotopic (exact) mass is 473 g/mol. The number of aliphatic imine (C=N–C) groups is 1. The van der Waals surface area contributed by atoms with E-state index >= 15 is 0 Å². The molecule has 4 aliphatic carbocycles. The van der Waals surface area contributed by atoms with E-state index in [4.69, 9.17) is 4.74 Å². The van der Waals surface area contributed by atoms with E-state index in [0.717, 1.165) is 32.1 Å². The lowest BCUT2D eigenvalue weighted by Gasteiger charge is -2.62. The van der Waals surface area contributed by atoms with Crippen LogP contribution in [0, 0.1) is 46.3 Å². The van der Waals surface area contributed by atoms with Gasteiger partial charge in [-0.1, -0.05) is 20.8 Å². The summed E-state index contributed by atoms with van der Waals surface area (Å²) < 4.78 is 5.58. The third-order valence-corrected chi connectivity index (χ3v) is 11.4. The van der Waals surface area contributed by atoms with Gasteiger partial charge in [-0.3, -0.25) is 4.79 Å². The Hall–Kier alpha value is -0.940. The summed E-state index contributed by atoms with van der Waals surface area (Å²) in [6.45, 7) is 11.8. The maximum absolute atomic E-state index is 12.7. The summed E-state index contributed by atoms with van der Waals surface area (Å²) in [6, 6.07) is 0. The molecule has 0 unspecified atom stereocenters. The van der Waals surface area contributed by atoms with Crippen LogP contribution < -0.4 is 0 Å². The number of hydrogen-bond donors (Lipinski definition) is 2. The Bertz CT molecular complexity index is 838. The van der Waals surface area contributed by atoms with Crippen molar-refractivity contribution in [2.24, 2.45) is 51.3 Å². The van der Waals surface area contributed by atoms with Crippen molar-refractivity contribution in [2.45, 2.75) is 117 Å². The molecule has 0 aromatic heterocycles. The van der Waals surface area contributed by atoms with Crippen molar-refractivity contribution in [3.05, 3.63) is 0 Å². The molecule has 5 aliphatic rings. The van der Waals surface area contributed by atoms with Crippen LogP contribution >= 0.6 is 0 Å². The van der Waals surface area contributed by atoms with Crippen LogP contribution in [-0.4, -0.2) is 46.2 Å². The second-order valence-corrected chi connectivity index (χ2v) is 13.9. The fourth-order valence-corrected chi connectivity index (χ4v) is 9.57. The second-order valence-electron chi connectivity index (χ2n) is 13.9. The summed E-state index contributed by atoms with van der Waals surface area (Å²) >= 11 is 0. The number of fused-ring (bicyclic) bond motifs is 5. The van der Waals surface area contributed by atoms with Gasteiger partial charge in [0.15, 0.2) is 0 Å². The zero-order chi connectivity index (χ0) is 24.5. The fourth-order valence-electron chi connectivity index (χ4n) is 9.57. The highest BCUT2D eigenvalue weighted by atomic mass is 16.5. The third-order valence-electron chi connectivity index (χ3n) is 11.4. The summed E-state index contributed by atoms with van der Waals surface area (Å²) in [7, 11) is 0. The Morgan fingerprint density at radius 1 is 1.03 bits per heavy atom. The molecule has 0 aromatic rings. The number of ether oxygens (including phenoxy) is 1. The molecule has 5 heteroatoms. The molecule has 0 amide bonds. The van der Waals surface area contributed by atoms with Gasteiger partial charge in [0.1, 0.15) is 6.61 Å². The minimum absolute atomic E-state index is 0.0574. The van der Waals surface area contributed by atoms with E-state index in [-0.39, 0.29) is 34.4 Å². The summed E-state index contributed by atoms with van der Waals surface area (Å²) in [5, 5.41) is 21.7. The highest BCUT2D eigenvalue weighted by Gasteiger charge is 2.62. The molecule has 10 atom stereocenters. The Labute approximate surface area is 206 Å². The zero-order valence-corrected chi connectivity index (χ0v) is 22.1. The summed E-state index contributed by atoms with van der Waals surface area (Å²) in [4.78, 5) is 17.2. The molecule has 34 heavy (non-hydrogen) atoms. The highest BCUT2D eigenvalue weighted by Crippen LogP contribution is 2.68. The normalized spacial score (nSPS) is 48.2. The van der Waals surface area contributed by atoms with Gasteiger partial charge >= 0.3 is 0 Å². The first kappa shape index (κ1) is 24.7. The number of rotatable bonds is 5. The quantitative estimate of drug-likeness (QED) is 0.577. The molecule has 0 saturated heterocycles. The van der Waals surface area contributed by atoms with Gasteiger partial charge < -0.3 is 14.9 Å². The SMILES string of the molecule is C[C@H](CCC(=O)C1=NC(C)(C)CO1)[C@H]1CC[C@H]2[C@@H]3[C@@H](O)C[C@@H]4C[C@H](O)CC[C@]4(C)[C@H]3CC[C@]12C. The standard InChI is InChI=1S/C29H47NO4/c1-17(6-9-23(32)26-30-27(2,3)16-34-26)20-7-8-21-25-22(11-13-29(20,21)5)28(4)12-10-19(31)14-18(28)15-24(25)33/h17-22,24-25,31,33H,6-16H2,1-5H3/t17-,18+,19-,20-,21+,22+,24+,25+,28+,29-/m1/s1. The van der Waals surface area contributed by atoms with Crippen molar-refractivity contribution in [3.63, 3.8) is 0 Å².